The highest BCUT2D eigenvalue weighted by atomic mass is 79.9. The second kappa shape index (κ2) is 5.96. The van der Waals surface area contributed by atoms with Crippen molar-refractivity contribution in [2.24, 2.45) is 0 Å². The highest BCUT2D eigenvalue weighted by molar-refractivity contribution is 9.10. The Hall–Kier alpha value is -1.35. The van der Waals surface area contributed by atoms with Gasteiger partial charge in [-0.25, -0.2) is 0 Å². The number of aryl methyl sites for hydroxylation is 2. The first-order valence-corrected chi connectivity index (χ1v) is 8.06. The van der Waals surface area contributed by atoms with Gasteiger partial charge in [-0.05, 0) is 61.1 Å². The molecule has 104 valence electrons. The topological polar surface area (TPSA) is 24.9 Å². The van der Waals surface area contributed by atoms with Crippen molar-refractivity contribution in [3.8, 4) is 0 Å². The highest BCUT2D eigenvalue weighted by Crippen LogP contribution is 2.32. The normalized spacial score (nSPS) is 17.6. The van der Waals surface area contributed by atoms with E-state index in [0.717, 1.165) is 23.7 Å². The van der Waals surface area contributed by atoms with Gasteiger partial charge in [-0.2, -0.15) is 0 Å². The summed E-state index contributed by atoms with van der Waals surface area (Å²) >= 11 is 3.55. The number of hydrogen-bond acceptors (Lipinski definition) is 2. The molecule has 1 unspecified atom stereocenters. The Morgan fingerprint density at radius 1 is 1.35 bits per heavy atom. The first kappa shape index (κ1) is 13.6. The van der Waals surface area contributed by atoms with Crippen LogP contribution in [0.3, 0.4) is 0 Å². The Morgan fingerprint density at radius 3 is 3.10 bits per heavy atom. The summed E-state index contributed by atoms with van der Waals surface area (Å²) < 4.78 is 1.14. The van der Waals surface area contributed by atoms with Gasteiger partial charge in [0.05, 0.1) is 11.7 Å². The molecule has 3 heteroatoms. The molecule has 0 amide bonds. The maximum Gasteiger partial charge on any atom is 0.0688 e. The van der Waals surface area contributed by atoms with Gasteiger partial charge < -0.3 is 5.32 Å². The van der Waals surface area contributed by atoms with E-state index in [2.05, 4.69) is 57.4 Å². The van der Waals surface area contributed by atoms with Crippen molar-refractivity contribution in [1.29, 1.82) is 0 Å². The van der Waals surface area contributed by atoms with Crippen molar-refractivity contribution in [3.63, 3.8) is 0 Å². The minimum absolute atomic E-state index is 0.339. The number of nitrogens with one attached hydrogen (secondary N) is 1. The lowest BCUT2D eigenvalue weighted by Crippen LogP contribution is -2.19. The lowest BCUT2D eigenvalue weighted by atomic mass is 9.91. The van der Waals surface area contributed by atoms with Gasteiger partial charge in [-0.3, -0.25) is 4.98 Å². The minimum atomic E-state index is 0.339. The Kier molecular flexibility index (Phi) is 4.06. The fraction of sp³-hybridized carbons (Fsp3) is 0.353. The first-order chi connectivity index (χ1) is 9.78. The van der Waals surface area contributed by atoms with E-state index in [9.17, 15) is 0 Å². The van der Waals surface area contributed by atoms with Gasteiger partial charge in [-0.15, -0.1) is 0 Å². The van der Waals surface area contributed by atoms with Crippen LogP contribution in [0.1, 0.15) is 42.6 Å². The summed E-state index contributed by atoms with van der Waals surface area (Å²) in [4.78, 5) is 4.60. The van der Waals surface area contributed by atoms with Crippen LogP contribution in [0, 0.1) is 0 Å². The van der Waals surface area contributed by atoms with Crippen molar-refractivity contribution >= 4 is 21.6 Å². The summed E-state index contributed by atoms with van der Waals surface area (Å²) in [5, 5.41) is 3.70. The van der Waals surface area contributed by atoms with E-state index in [-0.39, 0.29) is 0 Å². The molecular formula is C17H19BrN2. The molecule has 1 atom stereocenters. The minimum Gasteiger partial charge on any atom is -0.376 e. The van der Waals surface area contributed by atoms with Gasteiger partial charge in [-0.1, -0.05) is 28.9 Å². The monoisotopic (exact) mass is 330 g/mol. The van der Waals surface area contributed by atoms with E-state index < -0.39 is 0 Å². The molecule has 0 radical (unpaired) electrons. The maximum absolute atomic E-state index is 4.60. The molecule has 1 aliphatic carbocycles. The summed E-state index contributed by atoms with van der Waals surface area (Å²) in [6.07, 6.45) is 6.48. The first-order valence-electron chi connectivity index (χ1n) is 7.26. The second-order valence-corrected chi connectivity index (χ2v) is 6.21. The summed E-state index contributed by atoms with van der Waals surface area (Å²) in [5.74, 6) is 0. The van der Waals surface area contributed by atoms with Gasteiger partial charge in [0, 0.05) is 16.4 Å². The fourth-order valence-corrected chi connectivity index (χ4v) is 3.34. The number of pyridine rings is 1. The SMILES string of the molecule is CCc1cc(Br)ccc1NC1CCCc2cccnc21. The van der Waals surface area contributed by atoms with Crippen LogP contribution < -0.4 is 5.32 Å². The van der Waals surface area contributed by atoms with Crippen LogP contribution in [0.5, 0.6) is 0 Å². The van der Waals surface area contributed by atoms with Gasteiger partial charge in [0.2, 0.25) is 0 Å². The van der Waals surface area contributed by atoms with E-state index in [0.29, 0.717) is 6.04 Å². The zero-order valence-corrected chi connectivity index (χ0v) is 13.3. The van der Waals surface area contributed by atoms with E-state index in [1.54, 1.807) is 0 Å². The highest BCUT2D eigenvalue weighted by Gasteiger charge is 2.21. The van der Waals surface area contributed by atoms with Gasteiger partial charge in [0.15, 0.2) is 0 Å². The Balaban J connectivity index is 1.89. The van der Waals surface area contributed by atoms with E-state index in [1.807, 2.05) is 12.3 Å². The molecule has 20 heavy (non-hydrogen) atoms. The lowest BCUT2D eigenvalue weighted by molar-refractivity contribution is 0.583. The fourth-order valence-electron chi connectivity index (χ4n) is 2.93. The van der Waals surface area contributed by atoms with Crippen molar-refractivity contribution in [2.75, 3.05) is 5.32 Å². The van der Waals surface area contributed by atoms with Crippen LogP contribution in [-0.4, -0.2) is 4.98 Å². The van der Waals surface area contributed by atoms with Crippen molar-refractivity contribution in [1.82, 2.24) is 4.98 Å². The molecule has 2 aromatic rings. The van der Waals surface area contributed by atoms with E-state index in [1.165, 1.54) is 28.9 Å². The molecule has 0 spiro atoms. The largest absolute Gasteiger partial charge is 0.376 e. The number of halogens is 1. The molecule has 0 fully saturated rings. The van der Waals surface area contributed by atoms with Crippen molar-refractivity contribution in [2.45, 2.75) is 38.6 Å². The lowest BCUT2D eigenvalue weighted by Gasteiger charge is -2.27. The van der Waals surface area contributed by atoms with Crippen LogP contribution in [0.4, 0.5) is 5.69 Å². The molecule has 0 saturated carbocycles. The van der Waals surface area contributed by atoms with Gasteiger partial charge in [0.25, 0.3) is 0 Å². The Morgan fingerprint density at radius 2 is 2.25 bits per heavy atom. The third-order valence-corrected chi connectivity index (χ3v) is 4.47. The molecule has 0 saturated heterocycles. The molecule has 1 aliphatic rings. The smallest absolute Gasteiger partial charge is 0.0688 e. The summed E-state index contributed by atoms with van der Waals surface area (Å²) in [7, 11) is 0. The summed E-state index contributed by atoms with van der Waals surface area (Å²) in [6, 6.07) is 11.1. The molecule has 0 bridgehead atoms. The van der Waals surface area contributed by atoms with Crippen LogP contribution >= 0.6 is 15.9 Å². The third-order valence-electron chi connectivity index (χ3n) is 3.97. The van der Waals surface area contributed by atoms with Crippen LogP contribution in [0.15, 0.2) is 41.0 Å². The maximum atomic E-state index is 4.60. The third kappa shape index (κ3) is 2.73. The van der Waals surface area contributed by atoms with Crippen LogP contribution in [0.2, 0.25) is 0 Å². The van der Waals surface area contributed by atoms with Gasteiger partial charge in [0.1, 0.15) is 0 Å². The van der Waals surface area contributed by atoms with E-state index in [4.69, 9.17) is 0 Å². The Bertz CT molecular complexity index is 610. The van der Waals surface area contributed by atoms with Crippen LogP contribution in [0.25, 0.3) is 0 Å². The predicted molar refractivity (Wildman–Crippen MR) is 87.1 cm³/mol. The van der Waals surface area contributed by atoms with Crippen LogP contribution in [-0.2, 0) is 12.8 Å². The average Bonchev–Trinajstić information content (AvgIpc) is 2.49. The second-order valence-electron chi connectivity index (χ2n) is 5.29. The number of nitrogens with zero attached hydrogens (tertiary/aromatic N) is 1. The van der Waals surface area contributed by atoms with Crippen molar-refractivity contribution < 1.29 is 0 Å². The summed E-state index contributed by atoms with van der Waals surface area (Å²) in [5.41, 5.74) is 5.21. The molecule has 1 N–H and O–H groups in total. The number of aromatic nitrogens is 1. The van der Waals surface area contributed by atoms with Gasteiger partial charge >= 0.3 is 0 Å². The average molecular weight is 331 g/mol. The van der Waals surface area contributed by atoms with E-state index >= 15 is 0 Å². The molecule has 0 aliphatic heterocycles. The molecular weight excluding hydrogens is 312 g/mol. The quantitative estimate of drug-likeness (QED) is 0.866. The van der Waals surface area contributed by atoms with Crippen molar-refractivity contribution in [3.05, 3.63) is 57.8 Å². The number of anilines is 1. The predicted octanol–water partition coefficient (Wildman–Crippen LogP) is 4.90. The molecule has 1 aromatic heterocycles. The number of benzene rings is 1. The number of rotatable bonds is 3. The molecule has 3 rings (SSSR count). The summed E-state index contributed by atoms with van der Waals surface area (Å²) in [6.45, 7) is 2.19. The number of fused-ring (bicyclic) bond motifs is 1. The molecule has 1 heterocycles. The zero-order valence-electron chi connectivity index (χ0n) is 11.7. The molecule has 2 nitrogen and oxygen atoms in total. The zero-order chi connectivity index (χ0) is 13.9. The Labute approximate surface area is 128 Å². The molecule has 1 aromatic carbocycles. The number of hydrogen-bond donors (Lipinski definition) is 1. The standard InChI is InChI=1S/C17H19BrN2/c1-2-12-11-14(18)8-9-15(12)20-16-7-3-5-13-6-4-10-19-17(13)16/h4,6,8-11,16,20H,2-3,5,7H2,1H3.